The number of piperidine rings is 1. The van der Waals surface area contributed by atoms with Gasteiger partial charge in [0.05, 0.1) is 40.1 Å². The van der Waals surface area contributed by atoms with Crippen LogP contribution in [0.15, 0.2) is 73.1 Å². The maximum absolute atomic E-state index is 9.99. The van der Waals surface area contributed by atoms with Gasteiger partial charge in [0.25, 0.3) is 0 Å². The first-order valence-electron chi connectivity index (χ1n) is 15.6. The molecule has 1 fully saturated rings. The van der Waals surface area contributed by atoms with Crippen LogP contribution in [-0.4, -0.2) is 43.5 Å². The van der Waals surface area contributed by atoms with Crippen molar-refractivity contribution in [3.05, 3.63) is 111 Å². The molecule has 0 saturated carbocycles. The van der Waals surface area contributed by atoms with Gasteiger partial charge >= 0.3 is 0 Å². The van der Waals surface area contributed by atoms with Crippen molar-refractivity contribution in [3.8, 4) is 6.07 Å². The van der Waals surface area contributed by atoms with E-state index in [0.29, 0.717) is 33.4 Å². The number of fused-ring (bicyclic) bond motifs is 1. The van der Waals surface area contributed by atoms with Gasteiger partial charge in [-0.3, -0.25) is 9.88 Å². The van der Waals surface area contributed by atoms with Gasteiger partial charge in [0.2, 0.25) is 0 Å². The van der Waals surface area contributed by atoms with Gasteiger partial charge in [0.15, 0.2) is 0 Å². The average Bonchev–Trinajstić information content (AvgIpc) is 3.53. The Bertz CT molecular complexity index is 1880. The van der Waals surface area contributed by atoms with Crippen molar-refractivity contribution < 1.29 is 0 Å². The van der Waals surface area contributed by atoms with Gasteiger partial charge in [-0.05, 0) is 81.5 Å². The molecule has 46 heavy (non-hydrogen) atoms. The van der Waals surface area contributed by atoms with E-state index >= 15 is 0 Å². The van der Waals surface area contributed by atoms with Crippen LogP contribution < -0.4 is 10.6 Å². The first-order chi connectivity index (χ1) is 22.1. The second kappa shape index (κ2) is 13.3. The van der Waals surface area contributed by atoms with Crippen molar-refractivity contribution in [2.24, 2.45) is 0 Å². The van der Waals surface area contributed by atoms with Crippen LogP contribution in [0.25, 0.3) is 10.9 Å². The molecule has 5 aromatic rings. The number of nitriles is 1. The van der Waals surface area contributed by atoms with Gasteiger partial charge in [-0.1, -0.05) is 64.8 Å². The second-order valence-electron chi connectivity index (χ2n) is 12.9. The summed E-state index contributed by atoms with van der Waals surface area (Å²) in [5, 5.41) is 28.3. The molecule has 1 unspecified atom stereocenters. The standard InChI is InChI=1S/C36H38Cl2N8/c1-23-7-5-6-8-25(23)20-40-33-26(19-39)21-41-35-30(33)17-28(18-31(35)38)42-34(24-9-11-27(37)12-10-24)32-22-46(44-43-32)29-13-15-45(16-14-29)36(2,3)4/h5-12,17-18,21-22,29,34,42H,13-16,20H2,1-4H3,(H,40,41). The zero-order valence-corrected chi connectivity index (χ0v) is 28.1. The SMILES string of the molecule is Cc1ccccc1CNc1c(C#N)cnc2c(Cl)cc(NC(c3ccc(Cl)cc3)c3cn(C4CCN(C(C)(C)C)CC4)nn3)cc12. The number of aryl methyl sites for hydroxylation is 1. The predicted molar refractivity (Wildman–Crippen MR) is 187 cm³/mol. The number of likely N-dealkylation sites (tertiary alicyclic amines) is 1. The number of rotatable bonds is 8. The fourth-order valence-corrected chi connectivity index (χ4v) is 6.56. The lowest BCUT2D eigenvalue weighted by molar-refractivity contribution is 0.0866. The minimum absolute atomic E-state index is 0.155. The van der Waals surface area contributed by atoms with Crippen LogP contribution in [0.4, 0.5) is 11.4 Å². The van der Waals surface area contributed by atoms with Gasteiger partial charge in [-0.25, -0.2) is 4.68 Å². The number of nitrogens with one attached hydrogen (secondary N) is 2. The van der Waals surface area contributed by atoms with E-state index in [1.54, 1.807) is 6.20 Å². The molecule has 0 aliphatic carbocycles. The predicted octanol–water partition coefficient (Wildman–Crippen LogP) is 8.56. The van der Waals surface area contributed by atoms with Crippen molar-refractivity contribution in [3.63, 3.8) is 0 Å². The summed E-state index contributed by atoms with van der Waals surface area (Å²) >= 11 is 13.1. The van der Waals surface area contributed by atoms with Crippen LogP contribution in [0.3, 0.4) is 0 Å². The highest BCUT2D eigenvalue weighted by Crippen LogP contribution is 2.36. The van der Waals surface area contributed by atoms with Gasteiger partial charge < -0.3 is 10.6 Å². The van der Waals surface area contributed by atoms with Crippen molar-refractivity contribution in [1.29, 1.82) is 5.26 Å². The minimum Gasteiger partial charge on any atom is -0.379 e. The molecule has 0 spiro atoms. The van der Waals surface area contributed by atoms with Gasteiger partial charge in [0, 0.05) is 47.5 Å². The summed E-state index contributed by atoms with van der Waals surface area (Å²) in [5.41, 5.74) is 6.77. The Hall–Kier alpha value is -4.16. The molecule has 236 valence electrons. The van der Waals surface area contributed by atoms with E-state index in [0.717, 1.165) is 53.8 Å². The van der Waals surface area contributed by atoms with Crippen molar-refractivity contribution in [2.45, 2.75) is 64.7 Å². The number of hydrogen-bond acceptors (Lipinski definition) is 7. The second-order valence-corrected chi connectivity index (χ2v) is 13.8. The summed E-state index contributed by atoms with van der Waals surface area (Å²) in [7, 11) is 0. The van der Waals surface area contributed by atoms with Crippen LogP contribution in [-0.2, 0) is 6.54 Å². The number of benzene rings is 3. The molecule has 1 atom stereocenters. The smallest absolute Gasteiger partial charge is 0.109 e. The Kier molecular flexibility index (Phi) is 9.19. The number of hydrogen-bond donors (Lipinski definition) is 2. The Morgan fingerprint density at radius 3 is 2.48 bits per heavy atom. The molecule has 2 N–H and O–H groups in total. The van der Waals surface area contributed by atoms with E-state index in [1.807, 2.05) is 53.2 Å². The molecule has 0 bridgehead atoms. The van der Waals surface area contributed by atoms with Crippen molar-refractivity contribution in [2.75, 3.05) is 23.7 Å². The van der Waals surface area contributed by atoms with E-state index < -0.39 is 0 Å². The van der Waals surface area contributed by atoms with Crippen LogP contribution >= 0.6 is 23.2 Å². The molecule has 6 rings (SSSR count). The minimum atomic E-state index is -0.329. The van der Waals surface area contributed by atoms with Crippen LogP contribution in [0.2, 0.25) is 10.0 Å². The highest BCUT2D eigenvalue weighted by molar-refractivity contribution is 6.36. The third-order valence-electron chi connectivity index (χ3n) is 8.89. The highest BCUT2D eigenvalue weighted by Gasteiger charge is 2.29. The molecule has 0 radical (unpaired) electrons. The van der Waals surface area contributed by atoms with Crippen LogP contribution in [0.5, 0.6) is 0 Å². The zero-order valence-electron chi connectivity index (χ0n) is 26.6. The zero-order chi connectivity index (χ0) is 32.4. The number of pyridine rings is 1. The summed E-state index contributed by atoms with van der Waals surface area (Å²) in [6.45, 7) is 11.5. The Balaban J connectivity index is 1.33. The molecule has 2 aromatic heterocycles. The number of aromatic nitrogens is 4. The Labute approximate surface area is 280 Å². The molecular weight excluding hydrogens is 615 g/mol. The summed E-state index contributed by atoms with van der Waals surface area (Å²) in [6, 6.07) is 22.0. The van der Waals surface area contributed by atoms with Crippen molar-refractivity contribution in [1.82, 2.24) is 24.9 Å². The average molecular weight is 654 g/mol. The topological polar surface area (TPSA) is 94.7 Å². The molecule has 3 heterocycles. The molecule has 0 amide bonds. The molecule has 3 aromatic carbocycles. The number of halogens is 2. The molecule has 10 heteroatoms. The lowest BCUT2D eigenvalue weighted by Gasteiger charge is -2.40. The normalized spacial score (nSPS) is 15.1. The third-order valence-corrected chi connectivity index (χ3v) is 9.43. The van der Waals surface area contributed by atoms with E-state index in [4.69, 9.17) is 23.2 Å². The molecule has 1 saturated heterocycles. The summed E-state index contributed by atoms with van der Waals surface area (Å²) in [5.74, 6) is 0. The van der Waals surface area contributed by atoms with Crippen LogP contribution in [0.1, 0.15) is 73.6 Å². The quantitative estimate of drug-likeness (QED) is 0.173. The largest absolute Gasteiger partial charge is 0.379 e. The van der Waals surface area contributed by atoms with E-state index in [2.05, 4.69) is 82.9 Å². The molecule has 1 aliphatic rings. The highest BCUT2D eigenvalue weighted by atomic mass is 35.5. The molecular formula is C36H38Cl2N8. The van der Waals surface area contributed by atoms with Gasteiger partial charge in [-0.15, -0.1) is 5.10 Å². The number of nitrogens with zero attached hydrogens (tertiary/aromatic N) is 6. The summed E-state index contributed by atoms with van der Waals surface area (Å²) in [6.07, 6.45) is 5.66. The maximum atomic E-state index is 9.99. The molecule has 8 nitrogen and oxygen atoms in total. The summed E-state index contributed by atoms with van der Waals surface area (Å²) < 4.78 is 2.02. The lowest BCUT2D eigenvalue weighted by Crippen LogP contribution is -2.46. The van der Waals surface area contributed by atoms with E-state index in [9.17, 15) is 5.26 Å². The fraction of sp³-hybridized carbons (Fsp3) is 0.333. The monoisotopic (exact) mass is 652 g/mol. The fourth-order valence-electron chi connectivity index (χ4n) is 6.16. The Morgan fingerprint density at radius 1 is 1.04 bits per heavy atom. The van der Waals surface area contributed by atoms with E-state index in [-0.39, 0.29) is 17.6 Å². The maximum Gasteiger partial charge on any atom is 0.109 e. The first kappa shape index (κ1) is 31.8. The van der Waals surface area contributed by atoms with Crippen LogP contribution in [0, 0.1) is 18.3 Å². The summed E-state index contributed by atoms with van der Waals surface area (Å²) in [4.78, 5) is 7.07. The molecule has 1 aliphatic heterocycles. The van der Waals surface area contributed by atoms with E-state index in [1.165, 1.54) is 5.56 Å². The van der Waals surface area contributed by atoms with Crippen molar-refractivity contribution >= 4 is 45.5 Å². The first-order valence-corrected chi connectivity index (χ1v) is 16.4. The number of anilines is 2. The third kappa shape index (κ3) is 6.82. The lowest BCUT2D eigenvalue weighted by atomic mass is 9.98. The van der Waals surface area contributed by atoms with Gasteiger partial charge in [0.1, 0.15) is 11.8 Å². The Morgan fingerprint density at radius 2 is 1.78 bits per heavy atom. The van der Waals surface area contributed by atoms with Gasteiger partial charge in [-0.2, -0.15) is 5.26 Å².